The van der Waals surface area contributed by atoms with Gasteiger partial charge in [0.05, 0.1) is 13.2 Å². The summed E-state index contributed by atoms with van der Waals surface area (Å²) in [5.74, 6) is -0.251. The minimum Gasteiger partial charge on any atom is -0.348 e. The van der Waals surface area contributed by atoms with Gasteiger partial charge in [-0.1, -0.05) is 0 Å². The standard InChI is InChI=1S/C9H17NO2/c1-8(10)2-4-9(5-3-8)11-6-7-12-9/h2-7,10H2,1H3. The molecule has 12 heavy (non-hydrogen) atoms. The van der Waals surface area contributed by atoms with Gasteiger partial charge in [0.25, 0.3) is 0 Å². The molecule has 0 amide bonds. The van der Waals surface area contributed by atoms with Crippen molar-refractivity contribution in [2.45, 2.75) is 43.9 Å². The molecule has 0 bridgehead atoms. The minimum atomic E-state index is -0.251. The molecule has 2 fully saturated rings. The minimum absolute atomic E-state index is 0.000556. The first-order chi connectivity index (χ1) is 5.62. The smallest absolute Gasteiger partial charge is 0.168 e. The van der Waals surface area contributed by atoms with Crippen molar-refractivity contribution in [3.63, 3.8) is 0 Å². The highest BCUT2D eigenvalue weighted by atomic mass is 16.7. The van der Waals surface area contributed by atoms with E-state index in [9.17, 15) is 0 Å². The van der Waals surface area contributed by atoms with E-state index in [1.165, 1.54) is 0 Å². The Hall–Kier alpha value is -0.120. The van der Waals surface area contributed by atoms with Gasteiger partial charge in [-0.15, -0.1) is 0 Å². The number of rotatable bonds is 0. The second-order valence-corrected chi connectivity index (χ2v) is 4.26. The molecule has 70 valence electrons. The van der Waals surface area contributed by atoms with E-state index in [0.29, 0.717) is 0 Å². The van der Waals surface area contributed by atoms with Crippen molar-refractivity contribution in [3.8, 4) is 0 Å². The molecule has 3 heteroatoms. The van der Waals surface area contributed by atoms with Crippen LogP contribution in [-0.2, 0) is 9.47 Å². The highest BCUT2D eigenvalue weighted by Gasteiger charge is 2.42. The van der Waals surface area contributed by atoms with Gasteiger partial charge in [-0.2, -0.15) is 0 Å². The number of hydrogen-bond donors (Lipinski definition) is 1. The zero-order chi connectivity index (χ0) is 8.66. The van der Waals surface area contributed by atoms with Gasteiger partial charge in [0.1, 0.15) is 0 Å². The van der Waals surface area contributed by atoms with E-state index in [4.69, 9.17) is 15.2 Å². The second kappa shape index (κ2) is 2.69. The van der Waals surface area contributed by atoms with Crippen LogP contribution in [0.2, 0.25) is 0 Å². The summed E-state index contributed by atoms with van der Waals surface area (Å²) >= 11 is 0. The molecule has 1 saturated carbocycles. The highest BCUT2D eigenvalue weighted by molar-refractivity contribution is 4.91. The first kappa shape index (κ1) is 8.48. The molecule has 1 spiro atoms. The van der Waals surface area contributed by atoms with E-state index in [1.807, 2.05) is 0 Å². The van der Waals surface area contributed by atoms with E-state index in [-0.39, 0.29) is 11.3 Å². The van der Waals surface area contributed by atoms with Crippen molar-refractivity contribution in [3.05, 3.63) is 0 Å². The molecule has 0 radical (unpaired) electrons. The Morgan fingerprint density at radius 3 is 2.00 bits per heavy atom. The fraction of sp³-hybridized carbons (Fsp3) is 1.00. The quantitative estimate of drug-likeness (QED) is 0.592. The largest absolute Gasteiger partial charge is 0.348 e. The molecule has 0 aromatic heterocycles. The Balaban J connectivity index is 1.97. The molecule has 2 N–H and O–H groups in total. The van der Waals surface area contributed by atoms with Crippen LogP contribution in [0.4, 0.5) is 0 Å². The molecule has 0 aromatic rings. The SMILES string of the molecule is CC1(N)CCC2(CC1)OCCO2. The summed E-state index contributed by atoms with van der Waals surface area (Å²) in [6, 6.07) is 0. The third-order valence-corrected chi connectivity index (χ3v) is 2.97. The predicted octanol–water partition coefficient (Wildman–Crippen LogP) is 1.02. The van der Waals surface area contributed by atoms with E-state index in [1.54, 1.807) is 0 Å². The average Bonchev–Trinajstić information content (AvgIpc) is 2.46. The van der Waals surface area contributed by atoms with Gasteiger partial charge < -0.3 is 15.2 Å². The lowest BCUT2D eigenvalue weighted by molar-refractivity contribution is -0.183. The summed E-state index contributed by atoms with van der Waals surface area (Å²) in [5, 5.41) is 0. The third-order valence-electron chi connectivity index (χ3n) is 2.97. The van der Waals surface area contributed by atoms with Gasteiger partial charge in [0, 0.05) is 18.4 Å². The van der Waals surface area contributed by atoms with Gasteiger partial charge in [-0.05, 0) is 19.8 Å². The van der Waals surface area contributed by atoms with Crippen molar-refractivity contribution < 1.29 is 9.47 Å². The summed E-state index contributed by atoms with van der Waals surface area (Å²) in [4.78, 5) is 0. The average molecular weight is 171 g/mol. The summed E-state index contributed by atoms with van der Waals surface area (Å²) in [6.45, 7) is 3.61. The molecule has 0 unspecified atom stereocenters. The maximum atomic E-state index is 6.02. The van der Waals surface area contributed by atoms with Crippen LogP contribution in [0.15, 0.2) is 0 Å². The van der Waals surface area contributed by atoms with Crippen LogP contribution in [0.5, 0.6) is 0 Å². The molecule has 1 aliphatic heterocycles. The van der Waals surface area contributed by atoms with Crippen molar-refractivity contribution in [1.29, 1.82) is 0 Å². The van der Waals surface area contributed by atoms with Crippen LogP contribution in [-0.4, -0.2) is 24.5 Å². The van der Waals surface area contributed by atoms with Gasteiger partial charge in [0.15, 0.2) is 5.79 Å². The number of nitrogens with two attached hydrogens (primary N) is 1. The molecule has 1 saturated heterocycles. The lowest BCUT2D eigenvalue weighted by Gasteiger charge is -2.39. The van der Waals surface area contributed by atoms with Crippen molar-refractivity contribution in [2.75, 3.05) is 13.2 Å². The molecule has 1 aliphatic carbocycles. The highest BCUT2D eigenvalue weighted by Crippen LogP contribution is 2.38. The Bertz CT molecular complexity index is 161. The van der Waals surface area contributed by atoms with E-state index in [2.05, 4.69) is 6.92 Å². The van der Waals surface area contributed by atoms with Crippen LogP contribution in [0.25, 0.3) is 0 Å². The lowest BCUT2D eigenvalue weighted by Crippen LogP contribution is -2.47. The van der Waals surface area contributed by atoms with Crippen LogP contribution >= 0.6 is 0 Å². The Kier molecular flexibility index (Phi) is 1.90. The Morgan fingerprint density at radius 2 is 1.50 bits per heavy atom. The Labute approximate surface area is 73.2 Å². The molecule has 2 rings (SSSR count). The lowest BCUT2D eigenvalue weighted by atomic mass is 9.81. The van der Waals surface area contributed by atoms with Gasteiger partial charge in [0.2, 0.25) is 0 Å². The zero-order valence-corrected chi connectivity index (χ0v) is 7.64. The first-order valence-corrected chi connectivity index (χ1v) is 4.69. The molecule has 0 atom stereocenters. The van der Waals surface area contributed by atoms with Gasteiger partial charge in [-0.25, -0.2) is 0 Å². The van der Waals surface area contributed by atoms with Crippen LogP contribution in [0, 0.1) is 0 Å². The molecular weight excluding hydrogens is 154 g/mol. The van der Waals surface area contributed by atoms with Crippen LogP contribution in [0.3, 0.4) is 0 Å². The molecular formula is C9H17NO2. The maximum Gasteiger partial charge on any atom is 0.168 e. The number of hydrogen-bond acceptors (Lipinski definition) is 3. The van der Waals surface area contributed by atoms with E-state index >= 15 is 0 Å². The monoisotopic (exact) mass is 171 g/mol. The fourth-order valence-corrected chi connectivity index (χ4v) is 1.99. The van der Waals surface area contributed by atoms with Gasteiger partial charge in [-0.3, -0.25) is 0 Å². The number of ether oxygens (including phenoxy) is 2. The summed E-state index contributed by atoms with van der Waals surface area (Å²) in [6.07, 6.45) is 3.93. The van der Waals surface area contributed by atoms with Crippen molar-refractivity contribution >= 4 is 0 Å². The topological polar surface area (TPSA) is 44.5 Å². The molecule has 3 nitrogen and oxygen atoms in total. The van der Waals surface area contributed by atoms with Gasteiger partial charge >= 0.3 is 0 Å². The molecule has 2 aliphatic rings. The summed E-state index contributed by atoms with van der Waals surface area (Å²) in [7, 11) is 0. The zero-order valence-electron chi connectivity index (χ0n) is 7.64. The Morgan fingerprint density at radius 1 is 1.00 bits per heavy atom. The van der Waals surface area contributed by atoms with Crippen LogP contribution in [0.1, 0.15) is 32.6 Å². The normalized spacial score (nSPS) is 32.5. The van der Waals surface area contributed by atoms with E-state index < -0.39 is 0 Å². The first-order valence-electron chi connectivity index (χ1n) is 4.69. The van der Waals surface area contributed by atoms with E-state index in [0.717, 1.165) is 38.9 Å². The van der Waals surface area contributed by atoms with Crippen LogP contribution < -0.4 is 5.73 Å². The second-order valence-electron chi connectivity index (χ2n) is 4.26. The summed E-state index contributed by atoms with van der Waals surface area (Å²) in [5.41, 5.74) is 6.02. The molecule has 0 aromatic carbocycles. The van der Waals surface area contributed by atoms with Crippen molar-refractivity contribution in [2.24, 2.45) is 5.73 Å². The maximum absolute atomic E-state index is 6.02. The summed E-state index contributed by atoms with van der Waals surface area (Å²) < 4.78 is 11.2. The predicted molar refractivity (Wildman–Crippen MR) is 45.7 cm³/mol. The third kappa shape index (κ3) is 1.49. The fourth-order valence-electron chi connectivity index (χ4n) is 1.99. The molecule has 1 heterocycles. The van der Waals surface area contributed by atoms with Crippen molar-refractivity contribution in [1.82, 2.24) is 0 Å².